The molecule has 0 spiro atoms. The molecule has 2 aromatic heterocycles. The summed E-state index contributed by atoms with van der Waals surface area (Å²) >= 11 is 0. The van der Waals surface area contributed by atoms with E-state index in [0.717, 1.165) is 5.56 Å². The molecular weight excluding hydrogens is 416 g/mol. The predicted octanol–water partition coefficient (Wildman–Crippen LogP) is -0.428. The smallest absolute Gasteiger partial charge is 0.252 e. The van der Waals surface area contributed by atoms with E-state index in [2.05, 4.69) is 32.1 Å². The summed E-state index contributed by atoms with van der Waals surface area (Å²) < 4.78 is 12.2. The van der Waals surface area contributed by atoms with Gasteiger partial charge in [-0.25, -0.2) is 15.0 Å². The molecule has 0 saturated carbocycles. The van der Waals surface area contributed by atoms with E-state index < -0.39 is 30.4 Å². The number of carbonyl (C=O) groups is 1. The van der Waals surface area contributed by atoms with Gasteiger partial charge in [0.15, 0.2) is 23.8 Å². The van der Waals surface area contributed by atoms with Gasteiger partial charge in [0.25, 0.3) is 5.91 Å². The molecule has 5 N–H and O–H groups in total. The number of aliphatic hydroxyl groups excluding tert-OH is 2. The minimum Gasteiger partial charge on any atom is -0.497 e. The number of fused-ring (bicyclic) bond motifs is 1. The van der Waals surface area contributed by atoms with Gasteiger partial charge < -0.3 is 30.7 Å². The lowest BCUT2D eigenvalue weighted by Crippen LogP contribution is -2.42. The van der Waals surface area contributed by atoms with E-state index in [-0.39, 0.29) is 22.8 Å². The molecule has 0 aliphatic carbocycles. The lowest BCUT2D eigenvalue weighted by molar-refractivity contribution is -0.137. The van der Waals surface area contributed by atoms with Crippen molar-refractivity contribution in [2.45, 2.75) is 31.5 Å². The molecule has 3 aromatic rings. The first-order valence-electron chi connectivity index (χ1n) is 9.88. The molecule has 1 aliphatic rings. The van der Waals surface area contributed by atoms with Crippen LogP contribution in [0.25, 0.3) is 11.2 Å². The Morgan fingerprint density at radius 1 is 1.25 bits per heavy atom. The van der Waals surface area contributed by atoms with Crippen LogP contribution in [0.15, 0.2) is 30.6 Å². The monoisotopic (exact) mass is 438 g/mol. The number of imidazole rings is 1. The number of hydrogen-bond donors (Lipinski definition) is 4. The van der Waals surface area contributed by atoms with Crippen molar-refractivity contribution >= 4 is 22.9 Å². The van der Waals surface area contributed by atoms with Crippen LogP contribution < -0.4 is 15.8 Å². The van der Waals surface area contributed by atoms with Crippen molar-refractivity contribution in [2.75, 3.05) is 19.4 Å². The number of methoxy groups -OCH3 is 1. The number of hydrogen-bond acceptors (Lipinski definition) is 9. The molecule has 1 aliphatic heterocycles. The Balaban J connectivity index is 1.67. The van der Waals surface area contributed by atoms with Crippen LogP contribution in [0.5, 0.6) is 5.75 Å². The Morgan fingerprint density at radius 2 is 2.00 bits per heavy atom. The standard InChI is InChI=1S/C21H22N6O5/c1-3-23-20(30)17-15(28)16(29)21(32-17)27-10-24-14-18(22)25-13(26-19(14)27)9-6-11-4-7-12(31-2)8-5-11/h4-5,7-8,10,15-17,21,28-29H,3H2,1-2H3,(H,23,30)(H2,22,25,26)/t15-,16+,17-,21+/m0/s1. The molecule has 0 radical (unpaired) electrons. The summed E-state index contributed by atoms with van der Waals surface area (Å²) in [5, 5.41) is 23.4. The van der Waals surface area contributed by atoms with Crippen molar-refractivity contribution in [3.8, 4) is 17.6 Å². The van der Waals surface area contributed by atoms with Crippen LogP contribution in [0.2, 0.25) is 0 Å². The number of carbonyl (C=O) groups excluding carboxylic acids is 1. The molecular formula is C21H22N6O5. The largest absolute Gasteiger partial charge is 0.497 e. The highest BCUT2D eigenvalue weighted by Crippen LogP contribution is 2.32. The van der Waals surface area contributed by atoms with Gasteiger partial charge in [0.1, 0.15) is 23.5 Å². The first kappa shape index (κ1) is 21.5. The highest BCUT2D eigenvalue weighted by molar-refractivity contribution is 5.83. The Morgan fingerprint density at radius 3 is 2.69 bits per heavy atom. The summed E-state index contributed by atoms with van der Waals surface area (Å²) in [7, 11) is 1.58. The summed E-state index contributed by atoms with van der Waals surface area (Å²) in [6.07, 6.45) is -3.78. The van der Waals surface area contributed by atoms with Gasteiger partial charge in [0.2, 0.25) is 5.82 Å². The fourth-order valence-electron chi connectivity index (χ4n) is 3.36. The molecule has 11 heteroatoms. The molecule has 4 atom stereocenters. The van der Waals surface area contributed by atoms with Gasteiger partial charge in [0, 0.05) is 12.1 Å². The Hall–Kier alpha value is -3.72. The number of ether oxygens (including phenoxy) is 2. The number of nitrogens with two attached hydrogens (primary N) is 1. The Kier molecular flexibility index (Phi) is 5.91. The molecule has 11 nitrogen and oxygen atoms in total. The number of rotatable bonds is 4. The molecule has 1 fully saturated rings. The molecule has 0 bridgehead atoms. The summed E-state index contributed by atoms with van der Waals surface area (Å²) in [5.74, 6) is 6.23. The van der Waals surface area contributed by atoms with Gasteiger partial charge >= 0.3 is 0 Å². The number of nitrogens with one attached hydrogen (secondary N) is 1. The quantitative estimate of drug-likeness (QED) is 0.397. The normalized spacial score (nSPS) is 22.4. The van der Waals surface area contributed by atoms with Crippen LogP contribution in [-0.2, 0) is 9.53 Å². The topological polar surface area (TPSA) is 158 Å². The van der Waals surface area contributed by atoms with E-state index in [1.165, 1.54) is 10.9 Å². The van der Waals surface area contributed by atoms with E-state index in [1.807, 2.05) is 0 Å². The van der Waals surface area contributed by atoms with Crippen molar-refractivity contribution in [1.82, 2.24) is 24.8 Å². The molecule has 32 heavy (non-hydrogen) atoms. The minimum absolute atomic E-state index is 0.0982. The van der Waals surface area contributed by atoms with Crippen LogP contribution in [0, 0.1) is 11.8 Å². The number of benzene rings is 1. The second kappa shape index (κ2) is 8.80. The van der Waals surface area contributed by atoms with Gasteiger partial charge in [-0.15, -0.1) is 0 Å². The number of likely N-dealkylation sites (N-methyl/N-ethyl adjacent to an activating group) is 1. The highest BCUT2D eigenvalue weighted by Gasteiger charge is 2.47. The number of aliphatic hydroxyl groups is 2. The molecule has 1 saturated heterocycles. The predicted molar refractivity (Wildman–Crippen MR) is 113 cm³/mol. The van der Waals surface area contributed by atoms with E-state index in [9.17, 15) is 15.0 Å². The zero-order valence-corrected chi connectivity index (χ0v) is 17.4. The number of nitrogens with zero attached hydrogens (tertiary/aromatic N) is 4. The van der Waals surface area contributed by atoms with E-state index in [1.54, 1.807) is 38.3 Å². The maximum absolute atomic E-state index is 12.1. The first-order valence-corrected chi connectivity index (χ1v) is 9.88. The SMILES string of the molecule is CCNC(=O)[C@H]1O[C@@H](n2cnc3c(N)nc(C#Cc4ccc(OC)cc4)nc32)[C@H](O)[C@@H]1O. The molecule has 1 amide bonds. The van der Waals surface area contributed by atoms with Gasteiger partial charge in [-0.05, 0) is 37.1 Å². The van der Waals surface area contributed by atoms with Gasteiger partial charge in [-0.1, -0.05) is 5.92 Å². The average molecular weight is 438 g/mol. The fourth-order valence-corrected chi connectivity index (χ4v) is 3.36. The van der Waals surface area contributed by atoms with E-state index >= 15 is 0 Å². The molecule has 3 heterocycles. The maximum Gasteiger partial charge on any atom is 0.252 e. The Bertz CT molecular complexity index is 1200. The average Bonchev–Trinajstić information content (AvgIpc) is 3.34. The van der Waals surface area contributed by atoms with Crippen molar-refractivity contribution in [3.05, 3.63) is 42.0 Å². The Labute approximate surface area is 183 Å². The first-order chi connectivity index (χ1) is 15.4. The molecule has 0 unspecified atom stereocenters. The zero-order chi connectivity index (χ0) is 22.8. The van der Waals surface area contributed by atoms with Crippen LogP contribution in [0.3, 0.4) is 0 Å². The maximum atomic E-state index is 12.1. The highest BCUT2D eigenvalue weighted by atomic mass is 16.6. The van der Waals surface area contributed by atoms with Crippen LogP contribution >= 0.6 is 0 Å². The van der Waals surface area contributed by atoms with Crippen LogP contribution in [-0.4, -0.2) is 67.6 Å². The molecule has 166 valence electrons. The molecule has 4 rings (SSSR count). The van der Waals surface area contributed by atoms with Gasteiger partial charge in [-0.3, -0.25) is 9.36 Å². The van der Waals surface area contributed by atoms with Crippen LogP contribution in [0.4, 0.5) is 5.82 Å². The number of amides is 1. The van der Waals surface area contributed by atoms with Crippen molar-refractivity contribution in [3.63, 3.8) is 0 Å². The number of aromatic nitrogens is 4. The van der Waals surface area contributed by atoms with E-state index in [0.29, 0.717) is 12.3 Å². The van der Waals surface area contributed by atoms with Crippen molar-refractivity contribution < 1.29 is 24.5 Å². The van der Waals surface area contributed by atoms with Gasteiger partial charge in [-0.2, -0.15) is 0 Å². The second-order valence-corrected chi connectivity index (χ2v) is 7.06. The zero-order valence-electron chi connectivity index (χ0n) is 17.4. The summed E-state index contributed by atoms with van der Waals surface area (Å²) in [6, 6.07) is 7.16. The summed E-state index contributed by atoms with van der Waals surface area (Å²) in [4.78, 5) is 24.9. The summed E-state index contributed by atoms with van der Waals surface area (Å²) in [5.41, 5.74) is 7.29. The van der Waals surface area contributed by atoms with Gasteiger partial charge in [0.05, 0.1) is 13.4 Å². The van der Waals surface area contributed by atoms with Crippen LogP contribution in [0.1, 0.15) is 24.5 Å². The third-order valence-electron chi connectivity index (χ3n) is 4.98. The third-order valence-corrected chi connectivity index (χ3v) is 4.98. The number of anilines is 1. The third kappa shape index (κ3) is 3.94. The number of nitrogen functional groups attached to an aromatic ring is 1. The fraction of sp³-hybridized carbons (Fsp3) is 0.333. The summed E-state index contributed by atoms with van der Waals surface area (Å²) in [6.45, 7) is 2.10. The lowest BCUT2D eigenvalue weighted by Gasteiger charge is -2.16. The minimum atomic E-state index is -1.42. The van der Waals surface area contributed by atoms with Crippen molar-refractivity contribution in [2.24, 2.45) is 0 Å². The van der Waals surface area contributed by atoms with Crippen molar-refractivity contribution in [1.29, 1.82) is 0 Å². The second-order valence-electron chi connectivity index (χ2n) is 7.06. The molecule has 1 aromatic carbocycles. The lowest BCUT2D eigenvalue weighted by atomic mass is 10.1. The van der Waals surface area contributed by atoms with E-state index in [4.69, 9.17) is 15.2 Å².